The quantitative estimate of drug-likeness (QED) is 0.540. The molecule has 0 amide bonds. The fourth-order valence-corrected chi connectivity index (χ4v) is 2.62. The summed E-state index contributed by atoms with van der Waals surface area (Å²) in [5, 5.41) is 12.3. The van der Waals surface area contributed by atoms with E-state index in [-0.39, 0.29) is 16.7 Å². The third-order valence-corrected chi connectivity index (χ3v) is 3.50. The van der Waals surface area contributed by atoms with Gasteiger partial charge in [0.15, 0.2) is 0 Å². The molecule has 1 rings (SSSR count). The van der Waals surface area contributed by atoms with Gasteiger partial charge in [-0.25, -0.2) is 5.11 Å². The molecular weight excluding hydrogens is 361 g/mol. The third kappa shape index (κ3) is 3.96. The van der Waals surface area contributed by atoms with Crippen LogP contribution in [0.15, 0.2) is 18.2 Å². The van der Waals surface area contributed by atoms with Crippen LogP contribution in [0.4, 0.5) is 0 Å². The fourth-order valence-electron chi connectivity index (χ4n) is 1.67. The van der Waals surface area contributed by atoms with E-state index >= 15 is 0 Å². The molecule has 0 fully saturated rings. The molecule has 0 heterocycles. The van der Waals surface area contributed by atoms with E-state index in [4.69, 9.17) is 69.6 Å². The highest BCUT2D eigenvalue weighted by Gasteiger charge is 2.39. The number of rotatable bonds is 1. The van der Waals surface area contributed by atoms with Gasteiger partial charge >= 0.3 is 0 Å². The average molecular weight is 370 g/mol. The Morgan fingerprint density at radius 1 is 0.833 bits per heavy atom. The Balaban J connectivity index is 3.68. The predicted molar refractivity (Wildman–Crippen MR) is 78.6 cm³/mol. The highest BCUT2D eigenvalue weighted by Crippen LogP contribution is 2.49. The van der Waals surface area contributed by atoms with Gasteiger partial charge in [0, 0.05) is 16.7 Å². The fraction of sp³-hybridized carbons (Fsp3) is 0.455. The van der Waals surface area contributed by atoms with Crippen LogP contribution in [0.1, 0.15) is 30.5 Å². The SMILES string of the molecule is CC(C)([O])c1c(C(Cl)(Cl)Cl)cccc1C(Cl)(Cl)Cl. The van der Waals surface area contributed by atoms with Crippen LogP contribution in [0.5, 0.6) is 0 Å². The summed E-state index contributed by atoms with van der Waals surface area (Å²) in [5.41, 5.74) is -0.947. The molecule has 1 radical (unpaired) electrons. The van der Waals surface area contributed by atoms with Crippen LogP contribution in [0, 0.1) is 0 Å². The van der Waals surface area contributed by atoms with E-state index in [1.165, 1.54) is 26.0 Å². The Bertz CT molecular complexity index is 406. The average Bonchev–Trinajstić information content (AvgIpc) is 2.12. The summed E-state index contributed by atoms with van der Waals surface area (Å²) in [7, 11) is 0. The maximum atomic E-state index is 12.3. The Hall–Kier alpha value is 0.920. The first-order valence-corrected chi connectivity index (χ1v) is 7.10. The number of hydrogen-bond donors (Lipinski definition) is 0. The first-order chi connectivity index (χ1) is 7.85. The molecule has 1 aromatic rings. The molecule has 0 aliphatic heterocycles. The van der Waals surface area contributed by atoms with Gasteiger partial charge in [-0.1, -0.05) is 87.8 Å². The molecule has 0 N–H and O–H groups in total. The van der Waals surface area contributed by atoms with Crippen LogP contribution in [0.3, 0.4) is 0 Å². The Morgan fingerprint density at radius 3 is 1.39 bits per heavy atom. The van der Waals surface area contributed by atoms with Crippen LogP contribution in [-0.4, -0.2) is 0 Å². The molecule has 0 bridgehead atoms. The summed E-state index contributed by atoms with van der Waals surface area (Å²) in [5.74, 6) is 0. The minimum Gasteiger partial charge on any atom is -0.225 e. The molecular formula is C11H9Cl6O. The van der Waals surface area contributed by atoms with Crippen LogP contribution in [0.2, 0.25) is 0 Å². The Labute approximate surface area is 136 Å². The molecule has 0 unspecified atom stereocenters. The predicted octanol–water partition coefficient (Wildman–Crippen LogP) is 6.01. The van der Waals surface area contributed by atoms with Gasteiger partial charge in [0.2, 0.25) is 7.59 Å². The van der Waals surface area contributed by atoms with Crippen LogP contribution in [-0.2, 0) is 18.3 Å². The van der Waals surface area contributed by atoms with Crippen molar-refractivity contribution in [1.29, 1.82) is 0 Å². The van der Waals surface area contributed by atoms with Gasteiger partial charge < -0.3 is 0 Å². The maximum absolute atomic E-state index is 12.3. The summed E-state index contributed by atoms with van der Waals surface area (Å²) < 4.78 is -3.52. The number of hydrogen-bond acceptors (Lipinski definition) is 0. The lowest BCUT2D eigenvalue weighted by atomic mass is 9.89. The van der Waals surface area contributed by atoms with E-state index in [9.17, 15) is 5.11 Å². The van der Waals surface area contributed by atoms with Crippen molar-refractivity contribution in [1.82, 2.24) is 0 Å². The largest absolute Gasteiger partial charge is 0.225 e. The van der Waals surface area contributed by atoms with Crippen molar-refractivity contribution in [2.45, 2.75) is 27.0 Å². The minimum atomic E-state index is -1.76. The normalized spacial score (nSPS) is 13.8. The minimum absolute atomic E-state index is 0.185. The van der Waals surface area contributed by atoms with Crippen molar-refractivity contribution >= 4 is 69.6 Å². The summed E-state index contributed by atoms with van der Waals surface area (Å²) in [6.07, 6.45) is 0. The zero-order valence-electron chi connectivity index (χ0n) is 9.41. The summed E-state index contributed by atoms with van der Waals surface area (Å²) in [4.78, 5) is 0. The molecule has 0 aromatic heterocycles. The lowest BCUT2D eigenvalue weighted by molar-refractivity contribution is -0.00155. The van der Waals surface area contributed by atoms with E-state index in [0.717, 1.165) is 0 Å². The van der Waals surface area contributed by atoms with Crippen LogP contribution in [0.25, 0.3) is 0 Å². The molecule has 18 heavy (non-hydrogen) atoms. The van der Waals surface area contributed by atoms with E-state index in [0.29, 0.717) is 0 Å². The molecule has 0 aliphatic carbocycles. The molecule has 0 spiro atoms. The number of halogens is 6. The molecule has 0 aliphatic rings. The zero-order valence-corrected chi connectivity index (χ0v) is 13.9. The molecule has 0 saturated heterocycles. The molecule has 101 valence electrons. The Kier molecular flexibility index (Phi) is 5.06. The van der Waals surface area contributed by atoms with Crippen molar-refractivity contribution in [2.24, 2.45) is 0 Å². The number of alkyl halides is 6. The highest BCUT2D eigenvalue weighted by atomic mass is 35.6. The van der Waals surface area contributed by atoms with Gasteiger partial charge in [-0.05, 0) is 13.8 Å². The summed E-state index contributed by atoms with van der Waals surface area (Å²) >= 11 is 35.1. The van der Waals surface area contributed by atoms with Crippen molar-refractivity contribution in [2.75, 3.05) is 0 Å². The van der Waals surface area contributed by atoms with Gasteiger partial charge in [-0.2, -0.15) is 0 Å². The van der Waals surface area contributed by atoms with Crippen LogP contribution >= 0.6 is 69.6 Å². The van der Waals surface area contributed by atoms with Crippen molar-refractivity contribution in [3.8, 4) is 0 Å². The summed E-state index contributed by atoms with van der Waals surface area (Å²) in [6, 6.07) is 4.63. The first-order valence-electron chi connectivity index (χ1n) is 4.83. The molecule has 1 nitrogen and oxygen atoms in total. The molecule has 7 heteroatoms. The second kappa shape index (κ2) is 5.37. The van der Waals surface area contributed by atoms with Crippen molar-refractivity contribution in [3.63, 3.8) is 0 Å². The maximum Gasteiger partial charge on any atom is 0.216 e. The standard InChI is InChI=1S/C11H9Cl6O/c1-9(2,18)8-6(10(12,13)14)4-3-5-7(8)11(15,16)17/h3-5H,1-2H3. The van der Waals surface area contributed by atoms with Gasteiger partial charge in [-0.15, -0.1) is 0 Å². The lowest BCUT2D eigenvalue weighted by Crippen LogP contribution is -2.24. The van der Waals surface area contributed by atoms with Crippen LogP contribution < -0.4 is 0 Å². The molecule has 0 saturated carbocycles. The van der Waals surface area contributed by atoms with E-state index in [1.807, 2.05) is 0 Å². The van der Waals surface area contributed by atoms with Gasteiger partial charge in [-0.3, -0.25) is 0 Å². The molecule has 1 aromatic carbocycles. The van der Waals surface area contributed by atoms with E-state index in [1.54, 1.807) is 6.07 Å². The van der Waals surface area contributed by atoms with Gasteiger partial charge in [0.1, 0.15) is 5.60 Å². The van der Waals surface area contributed by atoms with E-state index < -0.39 is 13.2 Å². The second-order valence-corrected chi connectivity index (χ2v) is 8.80. The molecule has 0 atom stereocenters. The smallest absolute Gasteiger partial charge is 0.216 e. The topological polar surface area (TPSA) is 19.9 Å². The third-order valence-electron chi connectivity index (χ3n) is 2.28. The van der Waals surface area contributed by atoms with Crippen molar-refractivity contribution < 1.29 is 5.11 Å². The zero-order chi connectivity index (χ0) is 14.4. The van der Waals surface area contributed by atoms with Gasteiger partial charge in [0.05, 0.1) is 0 Å². The van der Waals surface area contributed by atoms with Crippen molar-refractivity contribution in [3.05, 3.63) is 34.9 Å². The van der Waals surface area contributed by atoms with E-state index in [2.05, 4.69) is 0 Å². The Morgan fingerprint density at radius 2 is 1.17 bits per heavy atom. The first kappa shape index (κ1) is 17.0. The number of benzene rings is 1. The monoisotopic (exact) mass is 367 g/mol. The lowest BCUT2D eigenvalue weighted by Gasteiger charge is -2.28. The second-order valence-electron chi connectivity index (χ2n) is 4.23. The summed E-state index contributed by atoms with van der Waals surface area (Å²) in [6.45, 7) is 2.84. The van der Waals surface area contributed by atoms with Gasteiger partial charge in [0.25, 0.3) is 0 Å². The highest BCUT2D eigenvalue weighted by molar-refractivity contribution is 6.67.